The Morgan fingerprint density at radius 3 is 2.73 bits per heavy atom. The quantitative estimate of drug-likeness (QED) is 0.393. The van der Waals surface area contributed by atoms with E-state index in [1.165, 1.54) is 0 Å². The summed E-state index contributed by atoms with van der Waals surface area (Å²) in [5.74, 6) is 0. The Hall–Kier alpha value is -3.05. The molecule has 5 rings (SSSR count). The number of carbonyl (C=O) groups excluding carboxylic acids is 1. The third-order valence-corrected chi connectivity index (χ3v) is 5.07. The number of hydrogen-bond acceptors (Lipinski definition) is 5. The van der Waals surface area contributed by atoms with Gasteiger partial charge in [0.15, 0.2) is 5.58 Å². The lowest BCUT2D eigenvalue weighted by Gasteiger charge is -2.01. The molecule has 0 atom stereocenters. The molecule has 0 aliphatic carbocycles. The maximum Gasteiger partial charge on any atom is 0.264 e. The summed E-state index contributed by atoms with van der Waals surface area (Å²) in [7, 11) is 0. The molecule has 4 nitrogen and oxygen atoms in total. The summed E-state index contributed by atoms with van der Waals surface area (Å²) >= 11 is 1.02. The lowest BCUT2D eigenvalue weighted by molar-refractivity contribution is -0.110. The molecule has 0 N–H and O–H groups in total. The van der Waals surface area contributed by atoms with Crippen molar-refractivity contribution in [3.63, 3.8) is 0 Å². The fraction of sp³-hybridized carbons (Fsp3) is 0.0476. The lowest BCUT2D eigenvalue weighted by Crippen LogP contribution is -1.96. The third kappa shape index (κ3) is 2.57. The van der Waals surface area contributed by atoms with Crippen LogP contribution in [0.5, 0.6) is 0 Å². The number of hydrogen-bond donors (Lipinski definition) is 0. The highest BCUT2D eigenvalue weighted by atomic mass is 32.2. The predicted molar refractivity (Wildman–Crippen MR) is 102 cm³/mol. The zero-order valence-corrected chi connectivity index (χ0v) is 14.5. The molecule has 2 aromatic heterocycles. The van der Waals surface area contributed by atoms with Gasteiger partial charge in [-0.25, -0.2) is 4.98 Å². The van der Waals surface area contributed by atoms with Gasteiger partial charge >= 0.3 is 0 Å². The fourth-order valence-electron chi connectivity index (χ4n) is 3.19. The molecule has 5 aromatic rings. The minimum Gasteiger partial charge on any atom is -0.464 e. The van der Waals surface area contributed by atoms with E-state index < -0.39 is 0 Å². The number of aromatic nitrogens is 1. The van der Waals surface area contributed by atoms with E-state index in [9.17, 15) is 4.79 Å². The van der Waals surface area contributed by atoms with Crippen LogP contribution in [0.4, 0.5) is 0 Å². The van der Waals surface area contributed by atoms with Crippen molar-refractivity contribution in [2.45, 2.75) is 11.6 Å². The first-order valence-corrected chi connectivity index (χ1v) is 9.04. The van der Waals surface area contributed by atoms with Gasteiger partial charge in [0.25, 0.3) is 5.22 Å². The van der Waals surface area contributed by atoms with Crippen molar-refractivity contribution in [1.29, 1.82) is 0 Å². The topological polar surface area (TPSA) is 56.2 Å². The first-order valence-electron chi connectivity index (χ1n) is 8.22. The number of fused-ring (bicyclic) bond motifs is 4. The van der Waals surface area contributed by atoms with Crippen LogP contribution in [0.1, 0.15) is 5.56 Å². The standard InChI is InChI=1S/C21H13NO3S/c23-19(26-21-22-16-7-3-4-8-17(16)25-21)11-14-12-24-18-10-9-13-5-1-2-6-15(13)20(14)18/h1-10,12H,11H2. The Balaban J connectivity index is 1.47. The van der Waals surface area contributed by atoms with E-state index in [1.807, 2.05) is 48.5 Å². The largest absolute Gasteiger partial charge is 0.464 e. The molecule has 0 aliphatic rings. The van der Waals surface area contributed by atoms with E-state index in [0.29, 0.717) is 10.8 Å². The highest BCUT2D eigenvalue weighted by Gasteiger charge is 2.16. The van der Waals surface area contributed by atoms with Gasteiger partial charge < -0.3 is 8.83 Å². The van der Waals surface area contributed by atoms with Crippen molar-refractivity contribution in [3.8, 4) is 0 Å². The zero-order chi connectivity index (χ0) is 17.5. The lowest BCUT2D eigenvalue weighted by atomic mass is 10.0. The maximum absolute atomic E-state index is 12.6. The monoisotopic (exact) mass is 359 g/mol. The van der Waals surface area contributed by atoms with E-state index in [-0.39, 0.29) is 11.5 Å². The average molecular weight is 359 g/mol. The summed E-state index contributed by atoms with van der Waals surface area (Å²) < 4.78 is 11.3. The van der Waals surface area contributed by atoms with Crippen molar-refractivity contribution >= 4 is 49.7 Å². The summed E-state index contributed by atoms with van der Waals surface area (Å²) in [4.78, 5) is 16.9. The van der Waals surface area contributed by atoms with Crippen molar-refractivity contribution in [2.24, 2.45) is 0 Å². The second kappa shape index (κ2) is 6.04. The second-order valence-electron chi connectivity index (χ2n) is 6.02. The van der Waals surface area contributed by atoms with Gasteiger partial charge in [-0.05, 0) is 29.0 Å². The van der Waals surface area contributed by atoms with Gasteiger partial charge in [0.1, 0.15) is 11.1 Å². The minimum atomic E-state index is -0.0350. The van der Waals surface area contributed by atoms with E-state index in [4.69, 9.17) is 8.83 Å². The Labute approximate surface area is 152 Å². The zero-order valence-electron chi connectivity index (χ0n) is 13.6. The molecule has 0 aliphatic heterocycles. The predicted octanol–water partition coefficient (Wildman–Crippen LogP) is 5.59. The molecule has 2 heterocycles. The number of para-hydroxylation sites is 2. The molecule has 0 radical (unpaired) electrons. The highest BCUT2D eigenvalue weighted by Crippen LogP contribution is 2.32. The summed E-state index contributed by atoms with van der Waals surface area (Å²) in [5, 5.41) is 3.55. The van der Waals surface area contributed by atoms with Crippen LogP contribution in [0.2, 0.25) is 0 Å². The number of furan rings is 1. The Morgan fingerprint density at radius 2 is 1.81 bits per heavy atom. The van der Waals surface area contributed by atoms with Crippen molar-refractivity contribution < 1.29 is 13.6 Å². The van der Waals surface area contributed by atoms with Crippen LogP contribution in [-0.4, -0.2) is 10.1 Å². The van der Waals surface area contributed by atoms with Gasteiger partial charge in [-0.1, -0.05) is 42.5 Å². The molecule has 0 amide bonds. The molecular formula is C21H13NO3S. The van der Waals surface area contributed by atoms with Crippen LogP contribution in [-0.2, 0) is 11.2 Å². The molecular weight excluding hydrogens is 346 g/mol. The van der Waals surface area contributed by atoms with E-state index in [1.54, 1.807) is 6.26 Å². The third-order valence-electron chi connectivity index (χ3n) is 4.35. The minimum absolute atomic E-state index is 0.0350. The van der Waals surface area contributed by atoms with Gasteiger partial charge in [0.05, 0.1) is 6.26 Å². The summed E-state index contributed by atoms with van der Waals surface area (Å²) in [6.07, 6.45) is 1.92. The second-order valence-corrected chi connectivity index (χ2v) is 7.03. The molecule has 5 heteroatoms. The number of nitrogens with zero attached hydrogens (tertiary/aromatic N) is 1. The fourth-order valence-corrected chi connectivity index (χ4v) is 3.89. The van der Waals surface area contributed by atoms with Gasteiger partial charge in [-0.2, -0.15) is 0 Å². The summed E-state index contributed by atoms with van der Waals surface area (Å²) in [5.41, 5.74) is 3.11. The summed E-state index contributed by atoms with van der Waals surface area (Å²) in [6.45, 7) is 0. The van der Waals surface area contributed by atoms with Crippen molar-refractivity contribution in [3.05, 3.63) is 72.5 Å². The van der Waals surface area contributed by atoms with Crippen molar-refractivity contribution in [2.75, 3.05) is 0 Å². The smallest absolute Gasteiger partial charge is 0.264 e. The van der Waals surface area contributed by atoms with Crippen LogP contribution in [0, 0.1) is 0 Å². The number of oxazole rings is 1. The van der Waals surface area contributed by atoms with Crippen LogP contribution in [0.15, 0.2) is 81.0 Å². The molecule has 0 spiro atoms. The van der Waals surface area contributed by atoms with E-state index >= 15 is 0 Å². The molecule has 0 saturated heterocycles. The Bertz CT molecular complexity index is 1240. The van der Waals surface area contributed by atoms with Crippen LogP contribution >= 0.6 is 11.8 Å². The average Bonchev–Trinajstić information content (AvgIpc) is 3.25. The maximum atomic E-state index is 12.6. The van der Waals surface area contributed by atoms with Crippen molar-refractivity contribution in [1.82, 2.24) is 4.98 Å². The Morgan fingerprint density at radius 1 is 0.962 bits per heavy atom. The van der Waals surface area contributed by atoms with Gasteiger partial charge in [0.2, 0.25) is 5.12 Å². The van der Waals surface area contributed by atoms with Gasteiger partial charge in [0, 0.05) is 29.1 Å². The molecule has 0 saturated carbocycles. The van der Waals surface area contributed by atoms with Crippen LogP contribution < -0.4 is 0 Å². The normalized spacial score (nSPS) is 11.5. The summed E-state index contributed by atoms with van der Waals surface area (Å²) in [6, 6.07) is 19.6. The number of carbonyl (C=O) groups is 1. The van der Waals surface area contributed by atoms with Gasteiger partial charge in [-0.15, -0.1) is 0 Å². The van der Waals surface area contributed by atoms with Gasteiger partial charge in [-0.3, -0.25) is 4.79 Å². The molecule has 0 bridgehead atoms. The van der Waals surface area contributed by atoms with E-state index in [0.717, 1.165) is 44.6 Å². The highest BCUT2D eigenvalue weighted by molar-refractivity contribution is 8.13. The SMILES string of the molecule is O=C(Cc1coc2ccc3ccccc3c12)Sc1nc2ccccc2o1. The van der Waals surface area contributed by atoms with Crippen LogP contribution in [0.25, 0.3) is 32.8 Å². The molecule has 126 valence electrons. The number of rotatable bonds is 3. The molecule has 0 fully saturated rings. The number of thioether (sulfide) groups is 1. The first-order chi connectivity index (χ1) is 12.8. The molecule has 3 aromatic carbocycles. The Kier molecular flexibility index (Phi) is 3.53. The van der Waals surface area contributed by atoms with Crippen LogP contribution in [0.3, 0.4) is 0 Å². The first kappa shape index (κ1) is 15.2. The molecule has 0 unspecified atom stereocenters. The van der Waals surface area contributed by atoms with E-state index in [2.05, 4.69) is 17.1 Å². The number of benzene rings is 3. The molecule has 26 heavy (non-hydrogen) atoms.